The number of amides is 2. The highest BCUT2D eigenvalue weighted by atomic mass is 16.5. The molecule has 1 aromatic heterocycles. The normalized spacial score (nSPS) is 17.4. The van der Waals surface area contributed by atoms with Crippen molar-refractivity contribution >= 4 is 11.8 Å². The van der Waals surface area contributed by atoms with E-state index in [1.54, 1.807) is 0 Å². The van der Waals surface area contributed by atoms with Crippen LogP contribution < -0.4 is 5.32 Å². The summed E-state index contributed by atoms with van der Waals surface area (Å²) in [6, 6.07) is 10.1. The third-order valence-corrected chi connectivity index (χ3v) is 6.54. The number of nitrogens with zero attached hydrogens (tertiary/aromatic N) is 3. The zero-order valence-corrected chi connectivity index (χ0v) is 18.5. The summed E-state index contributed by atoms with van der Waals surface area (Å²) in [5.41, 5.74) is 3.39. The molecule has 1 spiro atoms. The van der Waals surface area contributed by atoms with Crippen LogP contribution in [0.3, 0.4) is 0 Å². The molecule has 31 heavy (non-hydrogen) atoms. The number of carbonyl (C=O) groups is 2. The number of piperidine rings is 1. The molecule has 2 amide bonds. The van der Waals surface area contributed by atoms with Crippen molar-refractivity contribution in [3.05, 3.63) is 52.8 Å². The van der Waals surface area contributed by atoms with Crippen molar-refractivity contribution in [3.63, 3.8) is 0 Å². The lowest BCUT2D eigenvalue weighted by Crippen LogP contribution is -2.50. The molecule has 7 nitrogen and oxygen atoms in total. The van der Waals surface area contributed by atoms with Gasteiger partial charge in [0.25, 0.3) is 5.91 Å². The van der Waals surface area contributed by atoms with Crippen molar-refractivity contribution in [2.75, 3.05) is 19.6 Å². The molecule has 1 fully saturated rings. The van der Waals surface area contributed by atoms with Gasteiger partial charge < -0.3 is 15.0 Å². The average Bonchev–Trinajstić information content (AvgIpc) is 3.12. The van der Waals surface area contributed by atoms with E-state index in [0.29, 0.717) is 38.4 Å². The summed E-state index contributed by atoms with van der Waals surface area (Å²) in [6.07, 6.45) is 4.57. The fourth-order valence-electron chi connectivity index (χ4n) is 4.60. The van der Waals surface area contributed by atoms with Gasteiger partial charge in [-0.2, -0.15) is 5.10 Å². The van der Waals surface area contributed by atoms with Crippen LogP contribution in [-0.2, 0) is 36.0 Å². The Balaban J connectivity index is 1.35. The van der Waals surface area contributed by atoms with Gasteiger partial charge in [-0.05, 0) is 31.2 Å². The van der Waals surface area contributed by atoms with Crippen LogP contribution in [0.15, 0.2) is 30.3 Å². The number of aryl methyl sites for hydroxylation is 2. The SMILES string of the molecule is CCCNC(=O)c1nn(C)c2c1COC1(CCN(C(=O)CCc3ccccc3)CC1)C2. The Bertz CT molecular complexity index is 930. The summed E-state index contributed by atoms with van der Waals surface area (Å²) in [5.74, 6) is 0.0858. The molecule has 1 saturated heterocycles. The second-order valence-corrected chi connectivity index (χ2v) is 8.67. The second kappa shape index (κ2) is 9.22. The van der Waals surface area contributed by atoms with Crippen molar-refractivity contribution < 1.29 is 14.3 Å². The number of fused-ring (bicyclic) bond motifs is 1. The Labute approximate surface area is 183 Å². The third kappa shape index (κ3) is 4.66. The highest BCUT2D eigenvalue weighted by molar-refractivity contribution is 5.94. The van der Waals surface area contributed by atoms with Crippen LogP contribution in [0.1, 0.15) is 59.9 Å². The van der Waals surface area contributed by atoms with Gasteiger partial charge in [0.15, 0.2) is 5.69 Å². The highest BCUT2D eigenvalue weighted by Crippen LogP contribution is 2.37. The quantitative estimate of drug-likeness (QED) is 0.773. The smallest absolute Gasteiger partial charge is 0.272 e. The van der Waals surface area contributed by atoms with Crippen LogP contribution in [0.5, 0.6) is 0 Å². The molecule has 2 aliphatic heterocycles. The van der Waals surface area contributed by atoms with Gasteiger partial charge in [-0.3, -0.25) is 14.3 Å². The lowest BCUT2D eigenvalue weighted by Gasteiger charge is -2.44. The predicted molar refractivity (Wildman–Crippen MR) is 118 cm³/mol. The Hall–Kier alpha value is -2.67. The molecule has 0 aliphatic carbocycles. The van der Waals surface area contributed by atoms with Crippen molar-refractivity contribution in [3.8, 4) is 0 Å². The van der Waals surface area contributed by atoms with Crippen molar-refractivity contribution in [2.45, 2.75) is 57.7 Å². The molecule has 2 aromatic rings. The first-order valence-electron chi connectivity index (χ1n) is 11.3. The van der Waals surface area contributed by atoms with E-state index in [1.807, 2.05) is 41.8 Å². The van der Waals surface area contributed by atoms with E-state index in [1.165, 1.54) is 5.56 Å². The van der Waals surface area contributed by atoms with Crippen molar-refractivity contribution in [2.24, 2.45) is 7.05 Å². The fraction of sp³-hybridized carbons (Fsp3) is 0.542. The summed E-state index contributed by atoms with van der Waals surface area (Å²) < 4.78 is 8.16. The molecule has 0 unspecified atom stereocenters. The largest absolute Gasteiger partial charge is 0.370 e. The van der Waals surface area contributed by atoms with E-state index in [-0.39, 0.29) is 17.4 Å². The van der Waals surface area contributed by atoms with Crippen LogP contribution in [-0.4, -0.2) is 51.7 Å². The topological polar surface area (TPSA) is 76.5 Å². The molecule has 0 atom stereocenters. The molecule has 2 aliphatic rings. The number of rotatable bonds is 6. The van der Waals surface area contributed by atoms with E-state index in [0.717, 1.165) is 43.4 Å². The first-order chi connectivity index (χ1) is 15.0. The van der Waals surface area contributed by atoms with Crippen molar-refractivity contribution in [1.29, 1.82) is 0 Å². The molecule has 3 heterocycles. The molecule has 0 bridgehead atoms. The Morgan fingerprint density at radius 1 is 1.19 bits per heavy atom. The number of hydrogen-bond donors (Lipinski definition) is 1. The van der Waals surface area contributed by atoms with E-state index in [9.17, 15) is 9.59 Å². The first kappa shape index (κ1) is 21.6. The number of carbonyl (C=O) groups excluding carboxylic acids is 2. The monoisotopic (exact) mass is 424 g/mol. The molecular formula is C24H32N4O3. The maximum absolute atomic E-state index is 12.7. The number of ether oxygens (including phenoxy) is 1. The Morgan fingerprint density at radius 2 is 1.94 bits per heavy atom. The molecule has 4 rings (SSSR count). The number of hydrogen-bond acceptors (Lipinski definition) is 4. The van der Waals surface area contributed by atoms with E-state index >= 15 is 0 Å². The zero-order chi connectivity index (χ0) is 21.8. The summed E-state index contributed by atoms with van der Waals surface area (Å²) in [4.78, 5) is 27.1. The van der Waals surface area contributed by atoms with Crippen LogP contribution >= 0.6 is 0 Å². The molecule has 0 radical (unpaired) electrons. The van der Waals surface area contributed by atoms with E-state index in [4.69, 9.17) is 4.74 Å². The summed E-state index contributed by atoms with van der Waals surface area (Å²) in [7, 11) is 1.90. The minimum absolute atomic E-state index is 0.128. The second-order valence-electron chi connectivity index (χ2n) is 8.67. The molecule has 1 aromatic carbocycles. The molecule has 166 valence electrons. The van der Waals surface area contributed by atoms with E-state index < -0.39 is 0 Å². The first-order valence-corrected chi connectivity index (χ1v) is 11.3. The van der Waals surface area contributed by atoms with Crippen molar-refractivity contribution in [1.82, 2.24) is 20.0 Å². The number of aromatic nitrogens is 2. The van der Waals surface area contributed by atoms with E-state index in [2.05, 4.69) is 22.5 Å². The Morgan fingerprint density at radius 3 is 2.65 bits per heavy atom. The summed E-state index contributed by atoms with van der Waals surface area (Å²) >= 11 is 0. The van der Waals surface area contributed by atoms with Gasteiger partial charge >= 0.3 is 0 Å². The minimum atomic E-state index is -0.270. The molecule has 0 saturated carbocycles. The minimum Gasteiger partial charge on any atom is -0.370 e. The Kier molecular flexibility index (Phi) is 6.41. The average molecular weight is 425 g/mol. The van der Waals surface area contributed by atoms with Gasteiger partial charge in [-0.25, -0.2) is 0 Å². The van der Waals surface area contributed by atoms with Crippen LogP contribution in [0.2, 0.25) is 0 Å². The van der Waals surface area contributed by atoms with Crippen LogP contribution in [0.25, 0.3) is 0 Å². The molecule has 1 N–H and O–H groups in total. The predicted octanol–water partition coefficient (Wildman–Crippen LogP) is 2.63. The van der Waals surface area contributed by atoms with Crippen LogP contribution in [0, 0.1) is 0 Å². The summed E-state index contributed by atoms with van der Waals surface area (Å²) in [5, 5.41) is 7.39. The maximum atomic E-state index is 12.7. The maximum Gasteiger partial charge on any atom is 0.272 e. The third-order valence-electron chi connectivity index (χ3n) is 6.54. The number of likely N-dealkylation sites (tertiary alicyclic amines) is 1. The molecular weight excluding hydrogens is 392 g/mol. The fourth-order valence-corrected chi connectivity index (χ4v) is 4.60. The van der Waals surface area contributed by atoms with Gasteiger partial charge in [0.05, 0.1) is 12.2 Å². The van der Waals surface area contributed by atoms with Crippen LogP contribution in [0.4, 0.5) is 0 Å². The number of benzene rings is 1. The molecule has 7 heteroatoms. The lowest BCUT2D eigenvalue weighted by molar-refractivity contribution is -0.141. The van der Waals surface area contributed by atoms with Gasteiger partial charge in [0.1, 0.15) is 0 Å². The van der Waals surface area contributed by atoms with Gasteiger partial charge in [0, 0.05) is 50.8 Å². The zero-order valence-electron chi connectivity index (χ0n) is 18.5. The van der Waals surface area contributed by atoms with Gasteiger partial charge in [-0.15, -0.1) is 0 Å². The summed E-state index contributed by atoms with van der Waals surface area (Å²) in [6.45, 7) is 4.50. The highest BCUT2D eigenvalue weighted by Gasteiger charge is 2.42. The van der Waals surface area contributed by atoms with Gasteiger partial charge in [0.2, 0.25) is 5.91 Å². The van der Waals surface area contributed by atoms with Gasteiger partial charge in [-0.1, -0.05) is 37.3 Å². The standard InChI is InChI=1S/C24H32N4O3/c1-3-13-25-23(30)22-19-17-31-24(16-20(19)27(2)26-22)11-14-28(15-12-24)21(29)10-9-18-7-5-4-6-8-18/h4-8H,3,9-17H2,1-2H3,(H,25,30). The number of nitrogens with one attached hydrogen (secondary N) is 1. The lowest BCUT2D eigenvalue weighted by atomic mass is 9.83.